The molecule has 0 amide bonds. The van der Waals surface area contributed by atoms with Crippen molar-refractivity contribution in [2.45, 2.75) is 77.2 Å². The minimum absolute atomic E-state index is 0.0341. The van der Waals surface area contributed by atoms with Crippen LogP contribution in [-0.4, -0.2) is 37.2 Å². The zero-order valence-corrected chi connectivity index (χ0v) is 22.1. The number of hydrogen-bond acceptors (Lipinski definition) is 5. The molecule has 2 saturated carbocycles. The Balaban J connectivity index is 1.68. The third-order valence-electron chi connectivity index (χ3n) is 9.66. The Morgan fingerprint density at radius 2 is 1.75 bits per heavy atom. The van der Waals surface area contributed by atoms with Gasteiger partial charge in [-0.1, -0.05) is 24.6 Å². The molecule has 192 valence electrons. The van der Waals surface area contributed by atoms with Crippen LogP contribution in [0.1, 0.15) is 77.2 Å². The van der Waals surface area contributed by atoms with Crippen molar-refractivity contribution in [3.63, 3.8) is 0 Å². The molecule has 36 heavy (non-hydrogen) atoms. The van der Waals surface area contributed by atoms with Crippen molar-refractivity contribution in [1.29, 1.82) is 0 Å². The number of carbonyl (C=O) groups is 3. The van der Waals surface area contributed by atoms with Crippen LogP contribution in [-0.2, 0) is 19.1 Å². The van der Waals surface area contributed by atoms with E-state index >= 15 is 0 Å². The number of quaternary nitrogens is 1. The van der Waals surface area contributed by atoms with Crippen molar-refractivity contribution in [1.82, 2.24) is 4.65 Å². The van der Waals surface area contributed by atoms with E-state index < -0.39 is 21.6 Å². The number of carbonyl (C=O) groups excluding carboxylic acids is 3. The maximum absolute atomic E-state index is 13.2. The summed E-state index contributed by atoms with van der Waals surface area (Å²) in [5.74, 6) is 0.264. The molecule has 0 radical (unpaired) electrons. The average molecular weight is 492 g/mol. The topological polar surface area (TPSA) is 83.5 Å². The number of rotatable bonds is 4. The lowest BCUT2D eigenvalue weighted by molar-refractivity contribution is -0.182. The van der Waals surface area contributed by atoms with E-state index in [2.05, 4.69) is 19.1 Å². The van der Waals surface area contributed by atoms with Crippen LogP contribution in [0.25, 0.3) is 0 Å². The number of benzene rings is 1. The summed E-state index contributed by atoms with van der Waals surface area (Å²) in [6, 6.07) is 7.91. The predicted molar refractivity (Wildman–Crippen MR) is 139 cm³/mol. The number of hydroxylamine groups is 2. The minimum atomic E-state index is -1.12. The van der Waals surface area contributed by atoms with Crippen LogP contribution in [0.4, 0.5) is 5.69 Å². The van der Waals surface area contributed by atoms with Gasteiger partial charge in [-0.2, -0.15) is 0 Å². The number of Topliss-reactive ketones (excluding diaryl/α,β-unsaturated/α-hetero) is 1. The van der Waals surface area contributed by atoms with Gasteiger partial charge in [0.05, 0.1) is 14.1 Å². The van der Waals surface area contributed by atoms with E-state index in [-0.39, 0.29) is 29.3 Å². The fraction of sp³-hybridized carbons (Fsp3) is 0.567. The molecule has 0 N–H and O–H groups in total. The van der Waals surface area contributed by atoms with Crippen molar-refractivity contribution in [3.8, 4) is 0 Å². The van der Waals surface area contributed by atoms with Gasteiger partial charge in [-0.3, -0.25) is 14.4 Å². The Morgan fingerprint density at radius 3 is 2.36 bits per heavy atom. The highest BCUT2D eigenvalue weighted by Gasteiger charge is 2.67. The van der Waals surface area contributed by atoms with Crippen LogP contribution < -0.4 is 4.65 Å². The number of nitrogens with zero attached hydrogens (tertiary/aromatic N) is 1. The minimum Gasteiger partial charge on any atom is -0.628 e. The van der Waals surface area contributed by atoms with Gasteiger partial charge in [-0.15, -0.1) is 0 Å². The van der Waals surface area contributed by atoms with E-state index in [0.29, 0.717) is 24.9 Å². The Hall–Kier alpha value is -2.57. The smallest absolute Gasteiger partial charge is 0.303 e. The summed E-state index contributed by atoms with van der Waals surface area (Å²) in [5, 5.41) is 12.5. The lowest BCUT2D eigenvalue weighted by Crippen LogP contribution is -2.57. The number of ether oxygens (including phenoxy) is 1. The van der Waals surface area contributed by atoms with Crippen LogP contribution in [0.15, 0.2) is 47.1 Å². The SMILES string of the molecule is CC(=O)O[C@]1(C(C)=O)CC[C@H]2[C@@H]3CCC4=CC(=O)CCC4=C3C(c3ccc([N+](C)(C)[O-])cc3)C[C@@]21C. The molecule has 1 aromatic rings. The third kappa shape index (κ3) is 3.72. The normalized spacial score (nSPS) is 33.9. The maximum Gasteiger partial charge on any atom is 0.303 e. The summed E-state index contributed by atoms with van der Waals surface area (Å²) in [7, 11) is 3.22. The number of hydrogen-bond donors (Lipinski definition) is 0. The molecule has 5 atom stereocenters. The monoisotopic (exact) mass is 491 g/mol. The molecule has 0 spiro atoms. The summed E-state index contributed by atoms with van der Waals surface area (Å²) < 4.78 is 5.47. The van der Waals surface area contributed by atoms with Crippen molar-refractivity contribution >= 4 is 23.2 Å². The van der Waals surface area contributed by atoms with Gasteiger partial charge in [0.15, 0.2) is 17.2 Å². The summed E-state index contributed by atoms with van der Waals surface area (Å²) in [6.45, 7) is 5.12. The molecule has 6 heteroatoms. The Morgan fingerprint density at radius 1 is 1.06 bits per heavy atom. The summed E-state index contributed by atoms with van der Waals surface area (Å²) in [5.41, 5.74) is 4.09. The molecule has 4 aliphatic rings. The molecular formula is C30H37NO5. The molecule has 4 aliphatic carbocycles. The highest BCUT2D eigenvalue weighted by Crippen LogP contribution is 2.67. The fourth-order valence-electron chi connectivity index (χ4n) is 8.08. The molecule has 1 unspecified atom stereocenters. The largest absolute Gasteiger partial charge is 0.628 e. The van der Waals surface area contributed by atoms with Gasteiger partial charge in [0.1, 0.15) is 5.69 Å². The molecule has 0 aliphatic heterocycles. The summed E-state index contributed by atoms with van der Waals surface area (Å²) >= 11 is 0. The van der Waals surface area contributed by atoms with Gasteiger partial charge in [0, 0.05) is 24.7 Å². The first-order valence-corrected chi connectivity index (χ1v) is 13.2. The van der Waals surface area contributed by atoms with Crippen molar-refractivity contribution < 1.29 is 19.1 Å². The first-order valence-electron chi connectivity index (χ1n) is 13.2. The lowest BCUT2D eigenvalue weighted by atomic mass is 9.50. The van der Waals surface area contributed by atoms with E-state index in [1.54, 1.807) is 21.0 Å². The summed E-state index contributed by atoms with van der Waals surface area (Å²) in [6.07, 6.45) is 7.04. The second-order valence-corrected chi connectivity index (χ2v) is 12.0. The van der Waals surface area contributed by atoms with Gasteiger partial charge in [-0.05, 0) is 92.2 Å². The molecule has 0 aromatic heterocycles. The maximum atomic E-state index is 13.2. The van der Waals surface area contributed by atoms with Crippen LogP contribution in [0.5, 0.6) is 0 Å². The number of ketones is 2. The van der Waals surface area contributed by atoms with E-state index in [1.807, 2.05) is 18.2 Å². The Bertz CT molecular complexity index is 1190. The zero-order valence-electron chi connectivity index (χ0n) is 22.1. The molecule has 5 rings (SSSR count). The first kappa shape index (κ1) is 25.1. The van der Waals surface area contributed by atoms with Crippen molar-refractivity contribution in [2.24, 2.45) is 17.3 Å². The fourth-order valence-corrected chi connectivity index (χ4v) is 8.08. The second-order valence-electron chi connectivity index (χ2n) is 12.0. The van der Waals surface area contributed by atoms with Crippen molar-refractivity contribution in [3.05, 3.63) is 57.8 Å². The molecule has 1 aromatic carbocycles. The van der Waals surface area contributed by atoms with Gasteiger partial charge in [0.25, 0.3) is 0 Å². The van der Waals surface area contributed by atoms with Crippen molar-refractivity contribution in [2.75, 3.05) is 14.1 Å². The van der Waals surface area contributed by atoms with Crippen LogP contribution in [0.3, 0.4) is 0 Å². The molecule has 0 heterocycles. The highest BCUT2D eigenvalue weighted by atomic mass is 16.6. The molecule has 0 bridgehead atoms. The van der Waals surface area contributed by atoms with Gasteiger partial charge < -0.3 is 14.6 Å². The quantitative estimate of drug-likeness (QED) is 0.314. The highest BCUT2D eigenvalue weighted by molar-refractivity contribution is 5.93. The summed E-state index contributed by atoms with van der Waals surface area (Å²) in [4.78, 5) is 37.7. The standard InChI is InChI=1S/C30H37NO5/c1-18(32)30(36-19(2)33)15-14-27-25-12-8-21-16-23(34)11-13-24(21)28(25)26(17-29(27,30)3)20-6-9-22(10-7-20)31(4,5)35/h6-7,9-10,16,25-27H,8,11-15,17H2,1-5H3/t25-,26?,27-,29-,30-/m0/s1. The van der Waals surface area contributed by atoms with Gasteiger partial charge in [-0.25, -0.2) is 0 Å². The Labute approximate surface area is 213 Å². The van der Waals surface area contributed by atoms with Crippen LogP contribution in [0.2, 0.25) is 0 Å². The zero-order chi connectivity index (χ0) is 26.0. The Kier molecular flexibility index (Phi) is 5.92. The molecular weight excluding hydrogens is 454 g/mol. The number of fused-ring (bicyclic) bond motifs is 4. The molecule has 2 fully saturated rings. The van der Waals surface area contributed by atoms with E-state index in [1.165, 1.54) is 23.6 Å². The van der Waals surface area contributed by atoms with E-state index in [0.717, 1.165) is 31.2 Å². The average Bonchev–Trinajstić information content (AvgIpc) is 3.10. The third-order valence-corrected chi connectivity index (χ3v) is 9.66. The first-order chi connectivity index (χ1) is 16.9. The number of esters is 1. The van der Waals surface area contributed by atoms with Gasteiger partial charge in [0.2, 0.25) is 0 Å². The van der Waals surface area contributed by atoms with Crippen LogP contribution in [0, 0.1) is 22.5 Å². The number of allylic oxidation sites excluding steroid dienone is 4. The van der Waals surface area contributed by atoms with E-state index in [4.69, 9.17) is 4.74 Å². The van der Waals surface area contributed by atoms with E-state index in [9.17, 15) is 19.6 Å². The van der Waals surface area contributed by atoms with Crippen LogP contribution >= 0.6 is 0 Å². The lowest BCUT2D eigenvalue weighted by Gasteiger charge is -2.55. The molecule has 6 nitrogen and oxygen atoms in total. The van der Waals surface area contributed by atoms with Gasteiger partial charge >= 0.3 is 5.97 Å². The predicted octanol–water partition coefficient (Wildman–Crippen LogP) is 5.54. The second kappa shape index (κ2) is 8.49. The molecule has 0 saturated heterocycles.